The first-order valence-corrected chi connectivity index (χ1v) is 8.18. The van der Waals surface area contributed by atoms with Crippen LogP contribution >= 0.6 is 0 Å². The molecule has 2 aromatic rings. The van der Waals surface area contributed by atoms with E-state index in [1.165, 1.54) is 43.6 Å². The summed E-state index contributed by atoms with van der Waals surface area (Å²) in [5, 5.41) is 0. The van der Waals surface area contributed by atoms with Crippen molar-refractivity contribution in [1.82, 2.24) is 19.4 Å². The molecule has 0 saturated carbocycles. The Morgan fingerprint density at radius 1 is 1.18 bits per heavy atom. The molecule has 0 N–H and O–H groups in total. The second kappa shape index (κ2) is 7.07. The lowest BCUT2D eigenvalue weighted by atomic mass is 10.1. The zero-order chi connectivity index (χ0) is 15.4. The minimum atomic E-state index is 0.688. The highest BCUT2D eigenvalue weighted by molar-refractivity contribution is 5.34. The quantitative estimate of drug-likeness (QED) is 0.867. The lowest BCUT2D eigenvalue weighted by Crippen LogP contribution is -2.38. The van der Waals surface area contributed by atoms with Crippen LogP contribution in [0.5, 0.6) is 0 Å². The number of aromatic nitrogens is 2. The monoisotopic (exact) mass is 298 g/mol. The Hall–Kier alpha value is -1.65. The first-order chi connectivity index (χ1) is 10.7. The molecule has 1 saturated heterocycles. The fourth-order valence-corrected chi connectivity index (χ4v) is 3.20. The molecule has 4 heteroatoms. The molecule has 118 valence electrons. The van der Waals surface area contributed by atoms with Crippen molar-refractivity contribution in [3.05, 3.63) is 48.5 Å². The molecule has 1 aromatic heterocycles. The van der Waals surface area contributed by atoms with Crippen LogP contribution in [0.2, 0.25) is 0 Å². The second-order valence-electron chi connectivity index (χ2n) is 6.48. The van der Waals surface area contributed by atoms with Gasteiger partial charge < -0.3 is 9.47 Å². The normalized spacial score (nSPS) is 20.2. The number of likely N-dealkylation sites (N-methyl/N-ethyl adjacent to an activating group) is 1. The molecular weight excluding hydrogens is 272 g/mol. The third kappa shape index (κ3) is 3.76. The number of nitrogens with zero attached hydrogens (tertiary/aromatic N) is 4. The number of rotatable bonds is 4. The van der Waals surface area contributed by atoms with Gasteiger partial charge in [0.1, 0.15) is 0 Å². The number of hydrogen-bond donors (Lipinski definition) is 0. The molecular formula is C18H26N4. The van der Waals surface area contributed by atoms with Crippen LogP contribution in [0.15, 0.2) is 43.0 Å². The van der Waals surface area contributed by atoms with Crippen LogP contribution < -0.4 is 0 Å². The average Bonchev–Trinajstić information content (AvgIpc) is 2.95. The van der Waals surface area contributed by atoms with Gasteiger partial charge in [-0.3, -0.25) is 4.90 Å². The Kier molecular flexibility index (Phi) is 4.90. The molecule has 0 spiro atoms. The van der Waals surface area contributed by atoms with Crippen molar-refractivity contribution in [3.63, 3.8) is 0 Å². The van der Waals surface area contributed by atoms with Crippen molar-refractivity contribution < 1.29 is 0 Å². The SMILES string of the molecule is CN(C)C1CCCCN(Cc2ccc(-n3ccnc3)cc2)C1. The Balaban J connectivity index is 1.64. The molecule has 0 radical (unpaired) electrons. The van der Waals surface area contributed by atoms with Crippen LogP contribution in [-0.2, 0) is 6.54 Å². The molecule has 1 fully saturated rings. The lowest BCUT2D eigenvalue weighted by molar-refractivity contribution is 0.191. The summed E-state index contributed by atoms with van der Waals surface area (Å²) in [6.45, 7) is 3.44. The Labute approximate surface area is 133 Å². The zero-order valence-corrected chi connectivity index (χ0v) is 13.7. The second-order valence-corrected chi connectivity index (χ2v) is 6.48. The highest BCUT2D eigenvalue weighted by Crippen LogP contribution is 2.17. The summed E-state index contributed by atoms with van der Waals surface area (Å²) in [5.74, 6) is 0. The van der Waals surface area contributed by atoms with E-state index < -0.39 is 0 Å². The van der Waals surface area contributed by atoms with Gasteiger partial charge in [0.05, 0.1) is 6.33 Å². The fraction of sp³-hybridized carbons (Fsp3) is 0.500. The van der Waals surface area contributed by atoms with Crippen LogP contribution in [-0.4, -0.2) is 52.6 Å². The van der Waals surface area contributed by atoms with E-state index in [4.69, 9.17) is 0 Å². The van der Waals surface area contributed by atoms with Gasteiger partial charge in [0, 0.05) is 37.2 Å². The van der Waals surface area contributed by atoms with Crippen molar-refractivity contribution in [2.24, 2.45) is 0 Å². The zero-order valence-electron chi connectivity index (χ0n) is 13.7. The number of hydrogen-bond acceptors (Lipinski definition) is 3. The molecule has 4 nitrogen and oxygen atoms in total. The Morgan fingerprint density at radius 2 is 2.00 bits per heavy atom. The van der Waals surface area contributed by atoms with Crippen LogP contribution in [0.3, 0.4) is 0 Å². The van der Waals surface area contributed by atoms with Crippen molar-refractivity contribution >= 4 is 0 Å². The maximum absolute atomic E-state index is 4.10. The number of likely N-dealkylation sites (tertiary alicyclic amines) is 1. The minimum absolute atomic E-state index is 0.688. The standard InChI is InChI=1S/C18H26N4/c1-20(2)18-5-3-4-11-21(14-18)13-16-6-8-17(9-7-16)22-12-10-19-15-22/h6-10,12,15,18H,3-5,11,13-14H2,1-2H3. The molecule has 22 heavy (non-hydrogen) atoms. The third-order valence-electron chi connectivity index (χ3n) is 4.61. The molecule has 1 unspecified atom stereocenters. The van der Waals surface area contributed by atoms with Gasteiger partial charge in [0.2, 0.25) is 0 Å². The van der Waals surface area contributed by atoms with E-state index in [-0.39, 0.29) is 0 Å². The van der Waals surface area contributed by atoms with Gasteiger partial charge in [-0.2, -0.15) is 0 Å². The molecule has 3 rings (SSSR count). The highest BCUT2D eigenvalue weighted by Gasteiger charge is 2.19. The molecule has 0 aliphatic carbocycles. The van der Waals surface area contributed by atoms with Crippen LogP contribution in [0, 0.1) is 0 Å². The van der Waals surface area contributed by atoms with E-state index in [0.29, 0.717) is 6.04 Å². The van der Waals surface area contributed by atoms with Gasteiger partial charge in [-0.25, -0.2) is 4.98 Å². The summed E-state index contributed by atoms with van der Waals surface area (Å²) < 4.78 is 2.04. The van der Waals surface area contributed by atoms with Gasteiger partial charge in [0.15, 0.2) is 0 Å². The summed E-state index contributed by atoms with van der Waals surface area (Å²) in [7, 11) is 4.40. The highest BCUT2D eigenvalue weighted by atomic mass is 15.2. The van der Waals surface area contributed by atoms with Gasteiger partial charge in [0.25, 0.3) is 0 Å². The van der Waals surface area contributed by atoms with Gasteiger partial charge in [-0.15, -0.1) is 0 Å². The summed E-state index contributed by atoms with van der Waals surface area (Å²) >= 11 is 0. The summed E-state index contributed by atoms with van der Waals surface area (Å²) in [4.78, 5) is 9.08. The molecule has 1 aliphatic heterocycles. The van der Waals surface area contributed by atoms with Gasteiger partial charge >= 0.3 is 0 Å². The molecule has 1 aliphatic rings. The van der Waals surface area contributed by atoms with E-state index >= 15 is 0 Å². The van der Waals surface area contributed by atoms with Gasteiger partial charge in [-0.1, -0.05) is 18.6 Å². The minimum Gasteiger partial charge on any atom is -0.306 e. The molecule has 1 atom stereocenters. The largest absolute Gasteiger partial charge is 0.306 e. The smallest absolute Gasteiger partial charge is 0.0991 e. The maximum atomic E-state index is 4.10. The van der Waals surface area contributed by atoms with Crippen LogP contribution in [0.1, 0.15) is 24.8 Å². The number of benzene rings is 1. The van der Waals surface area contributed by atoms with E-state index in [1.54, 1.807) is 0 Å². The Morgan fingerprint density at radius 3 is 2.68 bits per heavy atom. The molecule has 0 amide bonds. The van der Waals surface area contributed by atoms with Crippen LogP contribution in [0.25, 0.3) is 5.69 Å². The Bertz CT molecular complexity index is 559. The van der Waals surface area contributed by atoms with E-state index in [0.717, 1.165) is 6.54 Å². The van der Waals surface area contributed by atoms with E-state index in [9.17, 15) is 0 Å². The molecule has 1 aromatic carbocycles. The van der Waals surface area contributed by atoms with Crippen molar-refractivity contribution in [2.75, 3.05) is 27.2 Å². The molecule has 2 heterocycles. The van der Waals surface area contributed by atoms with Gasteiger partial charge in [-0.05, 0) is 51.2 Å². The fourth-order valence-electron chi connectivity index (χ4n) is 3.20. The number of imidazole rings is 1. The first-order valence-electron chi connectivity index (χ1n) is 8.18. The predicted octanol–water partition coefficient (Wildman–Crippen LogP) is 2.79. The lowest BCUT2D eigenvalue weighted by Gasteiger charge is -2.28. The van der Waals surface area contributed by atoms with Crippen molar-refractivity contribution in [2.45, 2.75) is 31.8 Å². The maximum Gasteiger partial charge on any atom is 0.0991 e. The first kappa shape index (κ1) is 15.3. The topological polar surface area (TPSA) is 24.3 Å². The molecule has 0 bridgehead atoms. The summed E-state index contributed by atoms with van der Waals surface area (Å²) in [6.07, 6.45) is 9.61. The summed E-state index contributed by atoms with van der Waals surface area (Å²) in [5.41, 5.74) is 2.56. The van der Waals surface area contributed by atoms with E-state index in [1.807, 2.05) is 23.3 Å². The predicted molar refractivity (Wildman–Crippen MR) is 90.2 cm³/mol. The average molecular weight is 298 g/mol. The van der Waals surface area contributed by atoms with Crippen LogP contribution in [0.4, 0.5) is 0 Å². The van der Waals surface area contributed by atoms with Crippen molar-refractivity contribution in [3.8, 4) is 5.69 Å². The summed E-state index contributed by atoms with van der Waals surface area (Å²) in [6, 6.07) is 9.53. The third-order valence-corrected chi connectivity index (χ3v) is 4.61. The van der Waals surface area contributed by atoms with Crippen molar-refractivity contribution in [1.29, 1.82) is 0 Å². The van der Waals surface area contributed by atoms with E-state index in [2.05, 4.69) is 53.1 Å².